The molecule has 3 saturated heterocycles. The number of rotatable bonds is 2. The molecular weight excluding hydrogens is 672 g/mol. The fourth-order valence-corrected chi connectivity index (χ4v) is 7.71. The van der Waals surface area contributed by atoms with Gasteiger partial charge in [-0.15, -0.1) is 0 Å². The molecule has 0 aliphatic carbocycles. The Labute approximate surface area is 254 Å². The molecule has 10 atom stereocenters. The van der Waals surface area contributed by atoms with E-state index in [-0.39, 0.29) is 40.8 Å². The van der Waals surface area contributed by atoms with Crippen LogP contribution in [0.2, 0.25) is 0 Å². The van der Waals surface area contributed by atoms with Gasteiger partial charge in [0.25, 0.3) is 5.56 Å². The fourth-order valence-electron chi connectivity index (χ4n) is 5.35. The van der Waals surface area contributed by atoms with Gasteiger partial charge >= 0.3 is 14.5 Å². The fraction of sp³-hybridized carbons (Fsp3) is 0.524. The van der Waals surface area contributed by atoms with Crippen LogP contribution in [-0.2, 0) is 43.9 Å². The van der Waals surface area contributed by atoms with E-state index in [1.54, 1.807) is 0 Å². The van der Waals surface area contributed by atoms with Gasteiger partial charge < -0.3 is 29.5 Å². The Morgan fingerprint density at radius 1 is 1.00 bits per heavy atom. The molecule has 24 heteroatoms. The van der Waals surface area contributed by atoms with Crippen molar-refractivity contribution in [2.45, 2.75) is 55.6 Å². The summed E-state index contributed by atoms with van der Waals surface area (Å²) in [6.45, 7) is -6.05. The van der Waals surface area contributed by atoms with Crippen LogP contribution in [0, 0.1) is 0 Å². The first-order valence-corrected chi connectivity index (χ1v) is 17.2. The van der Waals surface area contributed by atoms with Crippen molar-refractivity contribution in [2.75, 3.05) is 18.9 Å². The molecule has 3 aromatic heterocycles. The van der Waals surface area contributed by atoms with Crippen LogP contribution in [0.1, 0.15) is 29.4 Å². The Morgan fingerprint density at radius 2 is 1.73 bits per heavy atom. The Kier molecular flexibility index (Phi) is 7.61. The van der Waals surface area contributed by atoms with E-state index in [9.17, 15) is 23.9 Å². The van der Waals surface area contributed by atoms with Crippen molar-refractivity contribution < 1.29 is 55.5 Å². The average molecular weight is 694 g/mol. The zero-order valence-corrected chi connectivity index (χ0v) is 25.0. The number of carbonyl (C=O) groups excluding carboxylic acids is 1. The number of nitrogen functional groups attached to an aromatic ring is 1. The number of ketones is 1. The largest absolute Gasteiger partial charge is 0.472 e. The number of ether oxygens (including phenoxy) is 2. The molecule has 4 aliphatic heterocycles. The van der Waals surface area contributed by atoms with E-state index in [2.05, 4.69) is 24.9 Å². The topological polar surface area (TPSA) is 250 Å². The molecule has 0 spiro atoms. The number of hydrogen-bond donors (Lipinski definition) is 4. The summed E-state index contributed by atoms with van der Waals surface area (Å²) in [5, 5.41) is 0. The molecule has 45 heavy (non-hydrogen) atoms. The van der Waals surface area contributed by atoms with Gasteiger partial charge in [0.05, 0.1) is 25.9 Å². The summed E-state index contributed by atoms with van der Waals surface area (Å²) in [6, 6.07) is 0. The molecule has 7 rings (SSSR count). The van der Waals surface area contributed by atoms with Crippen molar-refractivity contribution in [2.24, 2.45) is 4.99 Å². The number of phosphoric acid groups is 1. The van der Waals surface area contributed by atoms with Gasteiger partial charge in [0.1, 0.15) is 24.4 Å². The number of carbonyl (C=O) groups is 1. The molecule has 19 nitrogen and oxygen atoms in total. The number of hydrogen-bond acceptors (Lipinski definition) is 15. The van der Waals surface area contributed by atoms with Crippen LogP contribution in [0.4, 0.5) is 20.5 Å². The van der Waals surface area contributed by atoms with Gasteiger partial charge in [0.15, 0.2) is 53.3 Å². The number of H-pyrrole nitrogens is 1. The number of nitrogens with two attached hydrogens (primary N) is 1. The quantitative estimate of drug-likeness (QED) is 0.267. The van der Waals surface area contributed by atoms with Crippen LogP contribution in [0.3, 0.4) is 0 Å². The van der Waals surface area contributed by atoms with Gasteiger partial charge in [0.2, 0.25) is 5.95 Å². The van der Waals surface area contributed by atoms with Crippen molar-refractivity contribution in [3.63, 3.8) is 0 Å². The molecular formula is C21H22F2N8O11P2S. The SMILES string of the molecule is Nc1nc2c(ncn2[C@@H]2O[C@@H]3COP(O)(=S)O[C@H]4[C@H](F)[C@H](n5cnc6c5N=CCC6=O)O[C@@H]4COP(=O)(O)O[C@@H]2[C@@H]3F)c(=O)[nH]1. The Hall–Kier alpha value is -2.88. The summed E-state index contributed by atoms with van der Waals surface area (Å²) in [7, 11) is -5.19. The van der Waals surface area contributed by atoms with E-state index in [0.717, 1.165) is 21.8 Å². The number of nitrogens with one attached hydrogen (secondary N) is 1. The maximum absolute atomic E-state index is 15.9. The highest BCUT2D eigenvalue weighted by molar-refractivity contribution is 8.07. The third-order valence-corrected chi connectivity index (χ3v) is 9.91. The average Bonchev–Trinajstić information content (AvgIpc) is 3.72. The molecule has 3 aromatic rings. The van der Waals surface area contributed by atoms with Crippen LogP contribution in [0.25, 0.3) is 11.2 Å². The molecule has 2 unspecified atom stereocenters. The van der Waals surface area contributed by atoms with Gasteiger partial charge in [-0.05, 0) is 11.8 Å². The third kappa shape index (κ3) is 5.48. The molecule has 0 saturated carbocycles. The van der Waals surface area contributed by atoms with E-state index in [1.165, 1.54) is 6.21 Å². The predicted molar refractivity (Wildman–Crippen MR) is 147 cm³/mol. The third-order valence-electron chi connectivity index (χ3n) is 7.37. The standard InChI is InChI=1S/C21H22F2N8O11P2S/c22-10-8-3-38-44(36,45)42-14-9(40-19(11(14)23)30-5-26-12-7(32)1-2-25-16(12)30)4-37-43(34,35)41-15(10)20(39-8)31-6-27-13-17(31)28-21(24)29-18(13)33/h2,5-6,8-11,14-15,19-20H,1,3-4H2,(H,34,35)(H,36,45)(H3,24,28,29,33)/t8-,9-,10-,11+,14-,15-,19-,20-,44?/m1/s1. The number of nitrogens with zero attached hydrogens (tertiary/aromatic N) is 6. The molecule has 242 valence electrons. The number of imidazole rings is 2. The number of alkyl halides is 2. The lowest BCUT2D eigenvalue weighted by Gasteiger charge is -2.26. The van der Waals surface area contributed by atoms with Crippen LogP contribution in [0.5, 0.6) is 0 Å². The Morgan fingerprint density at radius 3 is 2.53 bits per heavy atom. The lowest BCUT2D eigenvalue weighted by molar-refractivity contribution is -0.0644. The Balaban J connectivity index is 1.20. The van der Waals surface area contributed by atoms with E-state index in [1.807, 2.05) is 0 Å². The van der Waals surface area contributed by atoms with E-state index in [4.69, 9.17) is 45.1 Å². The first kappa shape index (κ1) is 30.8. The van der Waals surface area contributed by atoms with Crippen LogP contribution in [-0.4, -0.2) is 101 Å². The highest BCUT2D eigenvalue weighted by Gasteiger charge is 2.54. The molecule has 2 bridgehead atoms. The second-order valence-corrected chi connectivity index (χ2v) is 14.4. The summed E-state index contributed by atoms with van der Waals surface area (Å²) >= 11 is 5.07. The summed E-state index contributed by atoms with van der Waals surface area (Å²) in [6.07, 6.45) is -10.7. The molecule has 7 heterocycles. The maximum atomic E-state index is 15.9. The number of phosphoric ester groups is 1. The first-order valence-electron chi connectivity index (χ1n) is 13.1. The van der Waals surface area contributed by atoms with Crippen molar-refractivity contribution >= 4 is 61.3 Å². The number of Topliss-reactive ketones (excluding diaryl/α,β-unsaturated/α-hetero) is 1. The number of anilines is 1. The number of aliphatic imine (C=N–C) groups is 1. The summed E-state index contributed by atoms with van der Waals surface area (Å²) in [4.78, 5) is 64.2. The molecule has 3 fully saturated rings. The van der Waals surface area contributed by atoms with Crippen molar-refractivity contribution in [3.8, 4) is 0 Å². The lowest BCUT2D eigenvalue weighted by Crippen LogP contribution is -2.34. The number of fused-ring (bicyclic) bond motifs is 5. The monoisotopic (exact) mass is 694 g/mol. The van der Waals surface area contributed by atoms with Gasteiger partial charge in [0, 0.05) is 12.6 Å². The molecule has 0 radical (unpaired) electrons. The van der Waals surface area contributed by atoms with E-state index in [0.29, 0.717) is 0 Å². The maximum Gasteiger partial charge on any atom is 0.472 e. The second-order valence-electron chi connectivity index (χ2n) is 10.2. The zero-order valence-electron chi connectivity index (χ0n) is 22.4. The van der Waals surface area contributed by atoms with Gasteiger partial charge in [-0.3, -0.25) is 37.3 Å². The molecule has 0 amide bonds. The summed E-state index contributed by atoms with van der Waals surface area (Å²) in [5.74, 6) is -0.658. The van der Waals surface area contributed by atoms with E-state index >= 15 is 8.78 Å². The highest BCUT2D eigenvalue weighted by Crippen LogP contribution is 2.54. The molecule has 5 N–H and O–H groups in total. The van der Waals surface area contributed by atoms with Gasteiger partial charge in [-0.1, -0.05) is 0 Å². The minimum atomic E-state index is -5.19. The van der Waals surface area contributed by atoms with Crippen molar-refractivity contribution in [3.05, 3.63) is 28.7 Å². The lowest BCUT2D eigenvalue weighted by atomic mass is 10.1. The smallest absolute Gasteiger partial charge is 0.369 e. The van der Waals surface area contributed by atoms with Crippen molar-refractivity contribution in [1.82, 2.24) is 29.1 Å². The van der Waals surface area contributed by atoms with Crippen LogP contribution in [0.15, 0.2) is 22.4 Å². The predicted octanol–water partition coefficient (Wildman–Crippen LogP) is 0.493. The van der Waals surface area contributed by atoms with Crippen LogP contribution < -0.4 is 11.3 Å². The summed E-state index contributed by atoms with van der Waals surface area (Å²) < 4.78 is 79.5. The van der Waals surface area contributed by atoms with Gasteiger partial charge in [-0.25, -0.2) is 28.3 Å². The van der Waals surface area contributed by atoms with Crippen molar-refractivity contribution in [1.29, 1.82) is 0 Å². The summed E-state index contributed by atoms with van der Waals surface area (Å²) in [5.41, 5.74) is 4.54. The number of aromatic amines is 1. The molecule has 0 aromatic carbocycles. The minimum absolute atomic E-state index is 0.000399. The zero-order chi connectivity index (χ0) is 31.8. The minimum Gasteiger partial charge on any atom is -0.369 e. The number of aromatic nitrogens is 6. The first-order chi connectivity index (χ1) is 21.3. The second kappa shape index (κ2) is 11.1. The normalized spacial score (nSPS) is 38.8. The van der Waals surface area contributed by atoms with E-state index < -0.39 is 82.5 Å². The van der Waals surface area contributed by atoms with Crippen LogP contribution >= 0.6 is 14.5 Å². The molecule has 4 aliphatic rings. The Bertz CT molecular complexity index is 1870. The van der Waals surface area contributed by atoms with Gasteiger partial charge in [-0.2, -0.15) is 4.98 Å². The number of halogens is 2. The highest BCUT2D eigenvalue weighted by atomic mass is 32.5.